The predicted octanol–water partition coefficient (Wildman–Crippen LogP) is 2.83. The van der Waals surface area contributed by atoms with Crippen LogP contribution in [0.2, 0.25) is 0 Å². The Morgan fingerprint density at radius 3 is 1.24 bits per heavy atom. The summed E-state index contributed by atoms with van der Waals surface area (Å²) in [5, 5.41) is 1.02. The Hall–Kier alpha value is -1.05. The molecule has 0 aromatic heterocycles. The maximum atomic E-state index is 11.5. The molecule has 0 radical (unpaired) electrons. The minimum Gasteiger partial charge on any atom is -0.349 e. The number of hydrogen-bond donors (Lipinski definition) is 9. The van der Waals surface area contributed by atoms with Crippen molar-refractivity contribution in [1.82, 2.24) is 49.2 Å². The molecule has 0 bridgehead atoms. The van der Waals surface area contributed by atoms with Gasteiger partial charge in [0.25, 0.3) is 0 Å². The van der Waals surface area contributed by atoms with Gasteiger partial charge in [-0.15, -0.1) is 11.1 Å². The Morgan fingerprint density at radius 1 is 0.455 bits per heavy atom. The molecule has 11 nitrogen and oxygen atoms in total. The summed E-state index contributed by atoms with van der Waals surface area (Å²) in [5.74, 6) is 0. The average Bonchev–Trinajstić information content (AvgIpc) is 2.80. The van der Waals surface area contributed by atoms with Crippen LogP contribution in [0.5, 0.6) is 0 Å². The first-order valence-electron chi connectivity index (χ1n) is 13.4. The smallest absolute Gasteiger partial charge is 0.346 e. The molecule has 1 fully saturated rings. The molecule has 1 saturated heterocycles. The van der Waals surface area contributed by atoms with E-state index in [1.165, 1.54) is 109 Å². The van der Waals surface area contributed by atoms with Crippen LogP contribution in [0.4, 0.5) is 4.79 Å². The van der Waals surface area contributed by atoms with Gasteiger partial charge in [0.15, 0.2) is 0 Å². The number of nitrogens with one attached hydrogen (secondary N) is 8. The largest absolute Gasteiger partial charge is 0.349 e. The lowest BCUT2D eigenvalue weighted by Crippen LogP contribution is -2.67. The van der Waals surface area contributed by atoms with Crippen LogP contribution in [0.25, 0.3) is 0 Å². The fourth-order valence-corrected chi connectivity index (χ4v) is 3.96. The van der Waals surface area contributed by atoms with Crippen LogP contribution in [0.15, 0.2) is 0 Å². The van der Waals surface area contributed by atoms with Crippen molar-refractivity contribution >= 4 is 6.03 Å². The fraction of sp³-hybridized carbons (Fsp3) is 0.955. The van der Waals surface area contributed by atoms with E-state index >= 15 is 0 Å². The summed E-state index contributed by atoms with van der Waals surface area (Å²) in [6, 6.07) is -0.672. The summed E-state index contributed by atoms with van der Waals surface area (Å²) < 4.78 is 0. The highest BCUT2D eigenvalue weighted by molar-refractivity contribution is 5.70. The number of amides is 2. The molecule has 1 heterocycles. The van der Waals surface area contributed by atoms with E-state index in [2.05, 4.69) is 44.1 Å². The number of carbonyl (C=O) groups is 1. The zero-order chi connectivity index (χ0) is 23.7. The van der Waals surface area contributed by atoms with Crippen molar-refractivity contribution in [3.8, 4) is 0 Å². The third-order valence-corrected chi connectivity index (χ3v) is 5.96. The SMILES string of the molecule is NC(=O)N1NNCCCCCCCCCCCCCCCCCCCCCNNNNNN1. The van der Waals surface area contributed by atoms with Crippen molar-refractivity contribution in [3.05, 3.63) is 0 Å². The molecule has 0 saturated carbocycles. The number of nitrogens with zero attached hydrogens (tertiary/aromatic N) is 1. The van der Waals surface area contributed by atoms with Crippen LogP contribution in [-0.2, 0) is 0 Å². The lowest BCUT2D eigenvalue weighted by molar-refractivity contribution is 0.0806. The summed E-state index contributed by atoms with van der Waals surface area (Å²) in [4.78, 5) is 11.5. The van der Waals surface area contributed by atoms with Gasteiger partial charge in [0.1, 0.15) is 0 Å². The van der Waals surface area contributed by atoms with Gasteiger partial charge in [0.2, 0.25) is 0 Å². The molecule has 1 rings (SSSR count). The minimum absolute atomic E-state index is 0.672. The number of primary amides is 1. The molecule has 10 N–H and O–H groups in total. The second-order valence-corrected chi connectivity index (χ2v) is 8.97. The van der Waals surface area contributed by atoms with Gasteiger partial charge < -0.3 is 5.73 Å². The second-order valence-electron chi connectivity index (χ2n) is 8.97. The van der Waals surface area contributed by atoms with Gasteiger partial charge >= 0.3 is 6.03 Å². The van der Waals surface area contributed by atoms with Crippen molar-refractivity contribution in [2.45, 2.75) is 122 Å². The van der Waals surface area contributed by atoms with Crippen molar-refractivity contribution in [3.63, 3.8) is 0 Å². The van der Waals surface area contributed by atoms with Crippen LogP contribution in [0, 0.1) is 0 Å². The molecular weight excluding hydrogens is 420 g/mol. The highest BCUT2D eigenvalue weighted by atomic mass is 16.2. The maximum Gasteiger partial charge on any atom is 0.346 e. The van der Waals surface area contributed by atoms with Crippen molar-refractivity contribution in [2.75, 3.05) is 13.1 Å². The number of hydrogen-bond acceptors (Lipinski definition) is 9. The lowest BCUT2D eigenvalue weighted by atomic mass is 10.0. The van der Waals surface area contributed by atoms with Gasteiger partial charge in [-0.05, 0) is 12.8 Å². The molecule has 33 heavy (non-hydrogen) atoms. The Balaban J connectivity index is 2.16. The zero-order valence-corrected chi connectivity index (χ0v) is 20.8. The fourth-order valence-electron chi connectivity index (χ4n) is 3.96. The molecule has 0 aromatic carbocycles. The predicted molar refractivity (Wildman–Crippen MR) is 134 cm³/mol. The molecule has 2 amide bonds. The molecule has 0 aromatic rings. The Morgan fingerprint density at radius 2 is 0.818 bits per heavy atom. The Kier molecular flexibility index (Phi) is 21.9. The van der Waals surface area contributed by atoms with Crippen molar-refractivity contribution in [1.29, 1.82) is 0 Å². The summed E-state index contributed by atoms with van der Waals surface area (Å²) >= 11 is 0. The van der Waals surface area contributed by atoms with Crippen molar-refractivity contribution in [2.24, 2.45) is 5.73 Å². The Bertz CT molecular complexity index is 400. The maximum absolute atomic E-state index is 11.5. The van der Waals surface area contributed by atoms with E-state index in [-0.39, 0.29) is 0 Å². The first-order chi connectivity index (χ1) is 16.3. The first kappa shape index (κ1) is 30.0. The van der Waals surface area contributed by atoms with E-state index in [0.717, 1.165) is 31.0 Å². The number of hydrazine groups is 8. The standard InChI is InChI=1S/C22H52N10O/c23-22(33)32-30-25-21-19-17-15-13-11-9-7-5-3-1-2-4-6-8-10-12-14-16-18-20-24-26-27-28-29-31-32/h24-31H,1-21H2,(H2,23,33). The van der Waals surface area contributed by atoms with E-state index in [1.807, 2.05) is 0 Å². The molecule has 0 atom stereocenters. The van der Waals surface area contributed by atoms with Crippen LogP contribution in [0.3, 0.4) is 0 Å². The summed E-state index contributed by atoms with van der Waals surface area (Å²) in [6.45, 7) is 1.63. The van der Waals surface area contributed by atoms with Gasteiger partial charge in [-0.1, -0.05) is 109 Å². The van der Waals surface area contributed by atoms with E-state index in [4.69, 9.17) is 5.73 Å². The Labute approximate surface area is 201 Å². The van der Waals surface area contributed by atoms with Crippen LogP contribution in [0.1, 0.15) is 122 Å². The molecule has 196 valence electrons. The van der Waals surface area contributed by atoms with E-state index in [0.29, 0.717) is 0 Å². The molecule has 11 heteroatoms. The molecule has 0 aliphatic carbocycles. The molecule has 1 aliphatic heterocycles. The monoisotopic (exact) mass is 472 g/mol. The van der Waals surface area contributed by atoms with Crippen molar-refractivity contribution < 1.29 is 4.79 Å². The zero-order valence-electron chi connectivity index (χ0n) is 20.8. The van der Waals surface area contributed by atoms with E-state index < -0.39 is 6.03 Å². The topological polar surface area (TPSA) is 143 Å². The number of rotatable bonds is 0. The highest BCUT2D eigenvalue weighted by Crippen LogP contribution is 2.14. The van der Waals surface area contributed by atoms with Gasteiger partial charge in [0.05, 0.1) is 0 Å². The van der Waals surface area contributed by atoms with Gasteiger partial charge in [0, 0.05) is 13.1 Å². The first-order valence-corrected chi connectivity index (χ1v) is 13.4. The summed E-state index contributed by atoms with van der Waals surface area (Å²) in [7, 11) is 0. The number of nitrogens with two attached hydrogens (primary N) is 1. The molecular formula is C22H52N10O. The third kappa shape index (κ3) is 21.2. The van der Waals surface area contributed by atoms with Gasteiger partial charge in [-0.2, -0.15) is 27.3 Å². The molecule has 0 spiro atoms. The quantitative estimate of drug-likeness (QED) is 0.260. The summed E-state index contributed by atoms with van der Waals surface area (Å²) in [6.07, 6.45) is 25.2. The lowest BCUT2D eigenvalue weighted by Gasteiger charge is -2.22. The van der Waals surface area contributed by atoms with E-state index in [1.54, 1.807) is 0 Å². The number of carbonyl (C=O) groups excluding carboxylic acids is 1. The third-order valence-electron chi connectivity index (χ3n) is 5.96. The van der Waals surface area contributed by atoms with Crippen LogP contribution in [-0.4, -0.2) is 24.2 Å². The normalized spacial score (nSPS) is 22.8. The highest BCUT2D eigenvalue weighted by Gasteiger charge is 2.07. The van der Waals surface area contributed by atoms with E-state index in [9.17, 15) is 4.79 Å². The number of urea groups is 1. The van der Waals surface area contributed by atoms with Gasteiger partial charge in [-0.3, -0.25) is 0 Å². The molecule has 0 unspecified atom stereocenters. The van der Waals surface area contributed by atoms with Gasteiger partial charge in [-0.25, -0.2) is 15.6 Å². The minimum atomic E-state index is -0.672. The molecule has 1 aliphatic rings. The summed E-state index contributed by atoms with van der Waals surface area (Å²) in [5.41, 5.74) is 27.5. The van der Waals surface area contributed by atoms with Crippen LogP contribution >= 0.6 is 0 Å². The second kappa shape index (κ2) is 24.1. The average molecular weight is 473 g/mol. The van der Waals surface area contributed by atoms with Crippen LogP contribution < -0.4 is 49.8 Å².